The Hall–Kier alpha value is -0.770. The monoisotopic (exact) mass is 268 g/mol. The van der Waals surface area contributed by atoms with Crippen molar-refractivity contribution in [1.29, 1.82) is 0 Å². The normalized spacial score (nSPS) is 31.8. The van der Waals surface area contributed by atoms with Gasteiger partial charge in [-0.15, -0.1) is 0 Å². The Kier molecular flexibility index (Phi) is 4.39. The van der Waals surface area contributed by atoms with E-state index >= 15 is 0 Å². The summed E-state index contributed by atoms with van der Waals surface area (Å²) in [5.74, 6) is 0.597. The van der Waals surface area contributed by atoms with Gasteiger partial charge in [0.05, 0.1) is 0 Å². The number of ether oxygens (including phenoxy) is 1. The second kappa shape index (κ2) is 5.70. The lowest BCUT2D eigenvalue weighted by Crippen LogP contribution is -2.58. The Morgan fingerprint density at radius 2 is 1.89 bits per heavy atom. The van der Waals surface area contributed by atoms with Gasteiger partial charge >= 0.3 is 6.09 Å². The molecule has 3 unspecified atom stereocenters. The van der Waals surface area contributed by atoms with Gasteiger partial charge in [0, 0.05) is 18.6 Å². The summed E-state index contributed by atoms with van der Waals surface area (Å²) in [6.45, 7) is 6.62. The Morgan fingerprint density at radius 3 is 2.53 bits per heavy atom. The van der Waals surface area contributed by atoms with Crippen LogP contribution in [0.25, 0.3) is 0 Å². The number of amides is 1. The molecule has 0 aromatic heterocycles. The highest BCUT2D eigenvalue weighted by Gasteiger charge is 2.41. The smallest absolute Gasteiger partial charge is 0.410 e. The molecule has 1 saturated heterocycles. The summed E-state index contributed by atoms with van der Waals surface area (Å²) in [4.78, 5) is 14.3. The van der Waals surface area contributed by atoms with E-state index < -0.39 is 5.60 Å². The van der Waals surface area contributed by atoms with E-state index in [1.807, 2.05) is 32.7 Å². The Balaban J connectivity index is 2.07. The SMILES string of the molecule is CNC1CCN(C(=O)OC(C)(C)C)C2CCCCC12. The van der Waals surface area contributed by atoms with Crippen LogP contribution in [0.3, 0.4) is 0 Å². The molecule has 0 spiro atoms. The maximum absolute atomic E-state index is 12.3. The molecule has 1 saturated carbocycles. The quantitative estimate of drug-likeness (QED) is 0.795. The predicted molar refractivity (Wildman–Crippen MR) is 76.2 cm³/mol. The second-order valence-electron chi connectivity index (χ2n) is 6.87. The number of nitrogens with one attached hydrogen (secondary N) is 1. The van der Waals surface area contributed by atoms with Crippen molar-refractivity contribution in [2.45, 2.75) is 70.6 Å². The molecule has 1 aliphatic heterocycles. The van der Waals surface area contributed by atoms with Crippen LogP contribution < -0.4 is 5.32 Å². The third kappa shape index (κ3) is 3.41. The van der Waals surface area contributed by atoms with E-state index in [0.29, 0.717) is 18.0 Å². The summed E-state index contributed by atoms with van der Waals surface area (Å²) in [6, 6.07) is 0.929. The van der Waals surface area contributed by atoms with E-state index in [1.165, 1.54) is 19.3 Å². The van der Waals surface area contributed by atoms with Crippen molar-refractivity contribution in [3.63, 3.8) is 0 Å². The number of hydrogen-bond acceptors (Lipinski definition) is 3. The molecule has 2 rings (SSSR count). The zero-order valence-electron chi connectivity index (χ0n) is 12.7. The first-order chi connectivity index (χ1) is 8.92. The zero-order chi connectivity index (χ0) is 14.0. The molecule has 4 heteroatoms. The second-order valence-corrected chi connectivity index (χ2v) is 6.87. The fraction of sp³-hybridized carbons (Fsp3) is 0.933. The van der Waals surface area contributed by atoms with Crippen molar-refractivity contribution in [2.24, 2.45) is 5.92 Å². The van der Waals surface area contributed by atoms with E-state index in [1.54, 1.807) is 0 Å². The van der Waals surface area contributed by atoms with E-state index in [9.17, 15) is 4.79 Å². The first-order valence-corrected chi connectivity index (χ1v) is 7.59. The molecule has 110 valence electrons. The molecule has 0 radical (unpaired) electrons. The lowest BCUT2D eigenvalue weighted by Gasteiger charge is -2.47. The maximum Gasteiger partial charge on any atom is 0.410 e. The van der Waals surface area contributed by atoms with Crippen molar-refractivity contribution < 1.29 is 9.53 Å². The van der Waals surface area contributed by atoms with E-state index in [0.717, 1.165) is 19.4 Å². The van der Waals surface area contributed by atoms with Crippen LogP contribution in [0.4, 0.5) is 4.79 Å². The van der Waals surface area contributed by atoms with Crippen LogP contribution >= 0.6 is 0 Å². The van der Waals surface area contributed by atoms with Crippen molar-refractivity contribution in [1.82, 2.24) is 10.2 Å². The first-order valence-electron chi connectivity index (χ1n) is 7.59. The van der Waals surface area contributed by atoms with Crippen LogP contribution in [0.15, 0.2) is 0 Å². The number of carbonyl (C=O) groups excluding carboxylic acids is 1. The lowest BCUT2D eigenvalue weighted by atomic mass is 9.75. The van der Waals surface area contributed by atoms with Crippen LogP contribution in [-0.2, 0) is 4.74 Å². The van der Waals surface area contributed by atoms with Gasteiger partial charge in [-0.25, -0.2) is 4.79 Å². The number of rotatable bonds is 1. The number of piperidine rings is 1. The summed E-state index contributed by atoms with van der Waals surface area (Å²) >= 11 is 0. The van der Waals surface area contributed by atoms with E-state index in [4.69, 9.17) is 4.74 Å². The summed E-state index contributed by atoms with van der Waals surface area (Å²) in [6.07, 6.45) is 5.80. The number of nitrogens with zero attached hydrogens (tertiary/aromatic N) is 1. The van der Waals surface area contributed by atoms with Crippen molar-refractivity contribution in [2.75, 3.05) is 13.6 Å². The molecule has 0 aromatic rings. The van der Waals surface area contributed by atoms with Gasteiger partial charge in [0.2, 0.25) is 0 Å². The fourth-order valence-corrected chi connectivity index (χ4v) is 3.56. The Bertz CT molecular complexity index is 325. The van der Waals surface area contributed by atoms with Gasteiger partial charge in [-0.2, -0.15) is 0 Å². The average molecular weight is 268 g/mol. The molecule has 0 bridgehead atoms. The van der Waals surface area contributed by atoms with Gasteiger partial charge in [0.25, 0.3) is 0 Å². The van der Waals surface area contributed by atoms with Gasteiger partial charge < -0.3 is 15.0 Å². The van der Waals surface area contributed by atoms with Gasteiger partial charge in [-0.1, -0.05) is 12.8 Å². The summed E-state index contributed by atoms with van der Waals surface area (Å²) in [7, 11) is 2.04. The van der Waals surface area contributed by atoms with Crippen LogP contribution in [0, 0.1) is 5.92 Å². The molecule has 1 heterocycles. The molecule has 1 aliphatic carbocycles. The molecule has 2 aliphatic rings. The number of carbonyl (C=O) groups is 1. The predicted octanol–water partition coefficient (Wildman–Crippen LogP) is 2.77. The number of hydrogen-bond donors (Lipinski definition) is 1. The van der Waals surface area contributed by atoms with Crippen LogP contribution in [0.1, 0.15) is 52.9 Å². The van der Waals surface area contributed by atoms with Gasteiger partial charge in [0.15, 0.2) is 0 Å². The van der Waals surface area contributed by atoms with Crippen LogP contribution in [0.2, 0.25) is 0 Å². The Morgan fingerprint density at radius 1 is 1.21 bits per heavy atom. The Labute approximate surface area is 116 Å². The highest BCUT2D eigenvalue weighted by Crippen LogP contribution is 2.36. The minimum Gasteiger partial charge on any atom is -0.444 e. The largest absolute Gasteiger partial charge is 0.444 e. The summed E-state index contributed by atoms with van der Waals surface area (Å²) in [5, 5.41) is 3.43. The van der Waals surface area contributed by atoms with Crippen LogP contribution in [0.5, 0.6) is 0 Å². The number of likely N-dealkylation sites (tertiary alicyclic amines) is 1. The molecule has 0 aromatic carbocycles. The third-order valence-electron chi connectivity index (χ3n) is 4.38. The average Bonchev–Trinajstić information content (AvgIpc) is 2.35. The third-order valence-corrected chi connectivity index (χ3v) is 4.38. The minimum absolute atomic E-state index is 0.126. The minimum atomic E-state index is -0.402. The van der Waals surface area contributed by atoms with Crippen molar-refractivity contribution in [3.05, 3.63) is 0 Å². The maximum atomic E-state index is 12.3. The topological polar surface area (TPSA) is 41.6 Å². The number of fused-ring (bicyclic) bond motifs is 1. The highest BCUT2D eigenvalue weighted by atomic mass is 16.6. The highest BCUT2D eigenvalue weighted by molar-refractivity contribution is 5.68. The molecular weight excluding hydrogens is 240 g/mol. The van der Waals surface area contributed by atoms with Crippen molar-refractivity contribution >= 4 is 6.09 Å². The van der Waals surface area contributed by atoms with Gasteiger partial charge in [-0.3, -0.25) is 0 Å². The van der Waals surface area contributed by atoms with E-state index in [2.05, 4.69) is 5.32 Å². The van der Waals surface area contributed by atoms with Gasteiger partial charge in [-0.05, 0) is 53.0 Å². The molecule has 2 fully saturated rings. The summed E-state index contributed by atoms with van der Waals surface area (Å²) in [5.41, 5.74) is -0.402. The fourth-order valence-electron chi connectivity index (χ4n) is 3.56. The molecule has 3 atom stereocenters. The zero-order valence-corrected chi connectivity index (χ0v) is 12.7. The van der Waals surface area contributed by atoms with Crippen molar-refractivity contribution in [3.8, 4) is 0 Å². The molecular formula is C15H28N2O2. The summed E-state index contributed by atoms with van der Waals surface area (Å²) < 4.78 is 5.56. The van der Waals surface area contributed by atoms with Crippen LogP contribution in [-0.4, -0.2) is 42.3 Å². The van der Waals surface area contributed by atoms with Gasteiger partial charge in [0.1, 0.15) is 5.60 Å². The van der Waals surface area contributed by atoms with E-state index in [-0.39, 0.29) is 6.09 Å². The standard InChI is InChI=1S/C15H28N2O2/c1-15(2,3)19-14(18)17-10-9-12(16-4)11-7-5-6-8-13(11)17/h11-13,16H,5-10H2,1-4H3. The molecule has 19 heavy (non-hydrogen) atoms. The molecule has 4 nitrogen and oxygen atoms in total. The molecule has 1 amide bonds. The molecule has 1 N–H and O–H groups in total. The lowest BCUT2D eigenvalue weighted by molar-refractivity contribution is -0.0140. The first kappa shape index (κ1) is 14.6.